The van der Waals surface area contributed by atoms with Crippen molar-refractivity contribution in [2.24, 2.45) is 0 Å². The van der Waals surface area contributed by atoms with Gasteiger partial charge in [-0.3, -0.25) is 0 Å². The molecule has 0 aromatic carbocycles. The molecule has 1 N–H and O–H groups in total. The van der Waals surface area contributed by atoms with Gasteiger partial charge in [-0.1, -0.05) is 19.3 Å². The third-order valence-corrected chi connectivity index (χ3v) is 4.07. The average molecular weight is 225 g/mol. The van der Waals surface area contributed by atoms with Crippen LogP contribution in [0.2, 0.25) is 0 Å². The molecule has 15 heavy (non-hydrogen) atoms. The fourth-order valence-electron chi connectivity index (χ4n) is 2.24. The van der Waals surface area contributed by atoms with Gasteiger partial charge in [0.1, 0.15) is 0 Å². The van der Waals surface area contributed by atoms with Gasteiger partial charge in [-0.15, -0.1) is 11.3 Å². The van der Waals surface area contributed by atoms with Crippen molar-refractivity contribution in [2.45, 2.75) is 44.9 Å². The van der Waals surface area contributed by atoms with E-state index in [4.69, 9.17) is 5.11 Å². The first-order valence-corrected chi connectivity index (χ1v) is 6.20. The molecule has 1 fully saturated rings. The third kappa shape index (κ3) is 2.20. The van der Waals surface area contributed by atoms with Crippen LogP contribution in [0.25, 0.3) is 0 Å². The van der Waals surface area contributed by atoms with Gasteiger partial charge in [0, 0.05) is 4.88 Å². The summed E-state index contributed by atoms with van der Waals surface area (Å²) < 4.78 is 0. The lowest BCUT2D eigenvalue weighted by molar-refractivity contribution is 0.0689. The van der Waals surface area contributed by atoms with Crippen LogP contribution >= 0.6 is 11.3 Å². The van der Waals surface area contributed by atoms with Gasteiger partial charge in [-0.25, -0.2) is 9.78 Å². The highest BCUT2D eigenvalue weighted by Crippen LogP contribution is 2.37. The van der Waals surface area contributed by atoms with Crippen LogP contribution in [0.5, 0.6) is 0 Å². The first-order chi connectivity index (χ1) is 7.18. The Hall–Kier alpha value is -0.900. The smallest absolute Gasteiger partial charge is 0.355 e. The molecule has 0 bridgehead atoms. The molecule has 1 aromatic heterocycles. The van der Waals surface area contributed by atoms with Gasteiger partial charge in [0.25, 0.3) is 0 Å². The minimum absolute atomic E-state index is 0.296. The quantitative estimate of drug-likeness (QED) is 0.840. The standard InChI is InChI=1S/C11H15NO2S/c1-7-12-9(11(13)14)10(15-7)8-5-3-2-4-6-8/h8H,2-6H2,1H3,(H,13,14). The number of carboxylic acid groups (broad SMARTS) is 1. The minimum Gasteiger partial charge on any atom is -0.476 e. The van der Waals surface area contributed by atoms with Crippen molar-refractivity contribution < 1.29 is 9.90 Å². The zero-order chi connectivity index (χ0) is 10.8. The molecule has 0 spiro atoms. The fraction of sp³-hybridized carbons (Fsp3) is 0.636. The second-order valence-corrected chi connectivity index (χ2v) is 5.32. The highest BCUT2D eigenvalue weighted by Gasteiger charge is 2.24. The summed E-state index contributed by atoms with van der Waals surface area (Å²) in [4.78, 5) is 16.1. The van der Waals surface area contributed by atoms with Crippen LogP contribution in [0.1, 0.15) is 58.4 Å². The van der Waals surface area contributed by atoms with Gasteiger partial charge >= 0.3 is 5.97 Å². The van der Waals surface area contributed by atoms with Crippen molar-refractivity contribution in [3.05, 3.63) is 15.6 Å². The summed E-state index contributed by atoms with van der Waals surface area (Å²) in [5, 5.41) is 9.92. The molecule has 1 saturated carbocycles. The molecular weight excluding hydrogens is 210 g/mol. The third-order valence-electron chi connectivity index (χ3n) is 2.94. The largest absolute Gasteiger partial charge is 0.476 e. The van der Waals surface area contributed by atoms with Crippen LogP contribution in [0.3, 0.4) is 0 Å². The second-order valence-electron chi connectivity index (χ2n) is 4.09. The van der Waals surface area contributed by atoms with Crippen molar-refractivity contribution in [1.29, 1.82) is 0 Å². The summed E-state index contributed by atoms with van der Waals surface area (Å²) in [5.74, 6) is -0.434. The number of carboxylic acids is 1. The Morgan fingerprint density at radius 1 is 1.40 bits per heavy atom. The maximum atomic E-state index is 11.0. The van der Waals surface area contributed by atoms with Crippen molar-refractivity contribution in [1.82, 2.24) is 4.98 Å². The molecule has 0 radical (unpaired) electrons. The highest BCUT2D eigenvalue weighted by atomic mass is 32.1. The molecule has 3 nitrogen and oxygen atoms in total. The van der Waals surface area contributed by atoms with E-state index >= 15 is 0 Å². The van der Waals surface area contributed by atoms with E-state index < -0.39 is 5.97 Å². The molecule has 4 heteroatoms. The molecule has 0 unspecified atom stereocenters. The Labute approximate surface area is 93.2 Å². The number of nitrogens with zero attached hydrogens (tertiary/aromatic N) is 1. The van der Waals surface area contributed by atoms with E-state index in [1.54, 1.807) is 11.3 Å². The van der Waals surface area contributed by atoms with Gasteiger partial charge in [-0.05, 0) is 25.7 Å². The first-order valence-electron chi connectivity index (χ1n) is 5.39. The molecular formula is C11H15NO2S. The topological polar surface area (TPSA) is 50.2 Å². The van der Waals surface area contributed by atoms with E-state index in [-0.39, 0.29) is 0 Å². The lowest BCUT2D eigenvalue weighted by atomic mass is 9.87. The van der Waals surface area contributed by atoms with E-state index in [1.807, 2.05) is 6.92 Å². The Bertz CT molecular complexity index is 367. The highest BCUT2D eigenvalue weighted by molar-refractivity contribution is 7.12. The van der Waals surface area contributed by atoms with Crippen LogP contribution in [0, 0.1) is 6.92 Å². The number of aromatic nitrogens is 1. The van der Waals surface area contributed by atoms with Crippen LogP contribution < -0.4 is 0 Å². The monoisotopic (exact) mass is 225 g/mol. The van der Waals surface area contributed by atoms with Crippen molar-refractivity contribution in [3.63, 3.8) is 0 Å². The molecule has 1 aliphatic rings. The molecule has 0 atom stereocenters. The number of rotatable bonds is 2. The van der Waals surface area contributed by atoms with Gasteiger partial charge in [0.15, 0.2) is 5.69 Å². The fourth-order valence-corrected chi connectivity index (χ4v) is 3.32. The summed E-state index contributed by atoms with van der Waals surface area (Å²) in [6.45, 7) is 1.88. The van der Waals surface area contributed by atoms with E-state index in [2.05, 4.69) is 4.98 Å². The van der Waals surface area contributed by atoms with E-state index in [0.29, 0.717) is 11.6 Å². The van der Waals surface area contributed by atoms with Crippen molar-refractivity contribution >= 4 is 17.3 Å². The normalized spacial score (nSPS) is 17.9. The number of hydrogen-bond acceptors (Lipinski definition) is 3. The molecule has 0 aliphatic heterocycles. The number of carbonyl (C=O) groups is 1. The average Bonchev–Trinajstić information content (AvgIpc) is 2.62. The summed E-state index contributed by atoms with van der Waals surface area (Å²) >= 11 is 1.56. The molecule has 2 rings (SSSR count). The molecule has 0 amide bonds. The van der Waals surface area contributed by atoms with Gasteiger partial charge in [-0.2, -0.15) is 0 Å². The lowest BCUT2D eigenvalue weighted by Crippen LogP contribution is -2.08. The Morgan fingerprint density at radius 2 is 2.07 bits per heavy atom. The molecule has 0 saturated heterocycles. The predicted octanol–water partition coefficient (Wildman–Crippen LogP) is 3.20. The summed E-state index contributed by atoms with van der Waals surface area (Å²) in [7, 11) is 0. The number of aromatic carboxylic acids is 1. The maximum absolute atomic E-state index is 11.0. The van der Waals surface area contributed by atoms with E-state index in [9.17, 15) is 4.79 Å². The van der Waals surface area contributed by atoms with Crippen LogP contribution in [0.15, 0.2) is 0 Å². The molecule has 1 heterocycles. The first kappa shape index (κ1) is 10.6. The number of aryl methyl sites for hydroxylation is 1. The van der Waals surface area contributed by atoms with Gasteiger partial charge in [0.2, 0.25) is 0 Å². The zero-order valence-corrected chi connectivity index (χ0v) is 9.64. The van der Waals surface area contributed by atoms with E-state index in [0.717, 1.165) is 22.7 Å². The molecule has 82 valence electrons. The lowest BCUT2D eigenvalue weighted by Gasteiger charge is -2.20. The maximum Gasteiger partial charge on any atom is 0.355 e. The van der Waals surface area contributed by atoms with Gasteiger partial charge in [0.05, 0.1) is 5.01 Å². The van der Waals surface area contributed by atoms with E-state index in [1.165, 1.54) is 19.3 Å². The van der Waals surface area contributed by atoms with Gasteiger partial charge < -0.3 is 5.11 Å². The number of hydrogen-bond donors (Lipinski definition) is 1. The second kappa shape index (κ2) is 4.31. The Morgan fingerprint density at radius 3 is 2.67 bits per heavy atom. The molecule has 1 aromatic rings. The predicted molar refractivity (Wildman–Crippen MR) is 59.6 cm³/mol. The van der Waals surface area contributed by atoms with Crippen LogP contribution in [0.4, 0.5) is 0 Å². The Kier molecular flexibility index (Phi) is 3.05. The van der Waals surface area contributed by atoms with Crippen molar-refractivity contribution in [3.8, 4) is 0 Å². The minimum atomic E-state index is -0.875. The van der Waals surface area contributed by atoms with Crippen LogP contribution in [-0.4, -0.2) is 16.1 Å². The van der Waals surface area contributed by atoms with Crippen molar-refractivity contribution in [2.75, 3.05) is 0 Å². The summed E-state index contributed by atoms with van der Waals surface area (Å²) in [6, 6.07) is 0. The summed E-state index contributed by atoms with van der Waals surface area (Å²) in [5.41, 5.74) is 0.296. The van der Waals surface area contributed by atoms with Crippen LogP contribution in [-0.2, 0) is 0 Å². The Balaban J connectivity index is 2.28. The summed E-state index contributed by atoms with van der Waals surface area (Å²) in [6.07, 6.45) is 5.99. The number of thiazole rings is 1. The molecule has 1 aliphatic carbocycles. The zero-order valence-electron chi connectivity index (χ0n) is 8.82. The SMILES string of the molecule is Cc1nc(C(=O)O)c(C2CCCCC2)s1.